The molecule has 74 valence electrons. The average Bonchev–Trinajstić information content (AvgIpc) is 2.15. The van der Waals surface area contributed by atoms with Gasteiger partial charge in [-0.25, -0.2) is 4.79 Å². The molecular weight excluding hydrogens is 208 g/mol. The predicted octanol–water partition coefficient (Wildman–Crippen LogP) is 1.87. The summed E-state index contributed by atoms with van der Waals surface area (Å²) in [5, 5.41) is 18.8. The Morgan fingerprint density at radius 2 is 2.14 bits per heavy atom. The fourth-order valence-corrected chi connectivity index (χ4v) is 1.38. The summed E-state index contributed by atoms with van der Waals surface area (Å²) in [5.74, 6) is 0. The standard InChI is InChI=1S/C7H6N2O4S/c10-7(11)8-14-6-4-2-1-3-5(6)9(12)13/h1-4,8H,(H,10,11). The lowest BCUT2D eigenvalue weighted by atomic mass is 10.3. The predicted molar refractivity (Wildman–Crippen MR) is 50.1 cm³/mol. The number of benzene rings is 1. The average molecular weight is 214 g/mol. The molecule has 7 heteroatoms. The minimum absolute atomic E-state index is 0.119. The van der Waals surface area contributed by atoms with Gasteiger partial charge >= 0.3 is 6.09 Å². The lowest BCUT2D eigenvalue weighted by Gasteiger charge is -2.00. The normalized spacial score (nSPS) is 9.43. The van der Waals surface area contributed by atoms with Crippen LogP contribution >= 0.6 is 11.9 Å². The van der Waals surface area contributed by atoms with E-state index < -0.39 is 11.0 Å². The summed E-state index contributed by atoms with van der Waals surface area (Å²) in [6, 6.07) is 5.90. The lowest BCUT2D eigenvalue weighted by Crippen LogP contribution is -2.11. The number of amides is 1. The second-order valence-corrected chi connectivity index (χ2v) is 3.08. The van der Waals surface area contributed by atoms with E-state index in [0.717, 1.165) is 0 Å². The van der Waals surface area contributed by atoms with Crippen molar-refractivity contribution in [2.75, 3.05) is 0 Å². The first-order valence-electron chi connectivity index (χ1n) is 3.50. The summed E-state index contributed by atoms with van der Waals surface area (Å²) in [6.07, 6.45) is -1.24. The molecule has 0 aliphatic rings. The van der Waals surface area contributed by atoms with E-state index in [-0.39, 0.29) is 10.6 Å². The van der Waals surface area contributed by atoms with Crippen molar-refractivity contribution in [3.8, 4) is 0 Å². The molecule has 0 heterocycles. The number of carbonyl (C=O) groups is 1. The van der Waals surface area contributed by atoms with Crippen LogP contribution in [0.5, 0.6) is 0 Å². The van der Waals surface area contributed by atoms with E-state index in [9.17, 15) is 14.9 Å². The van der Waals surface area contributed by atoms with Crippen LogP contribution in [0, 0.1) is 10.1 Å². The van der Waals surface area contributed by atoms with Crippen molar-refractivity contribution in [3.63, 3.8) is 0 Å². The number of para-hydroxylation sites is 1. The van der Waals surface area contributed by atoms with Gasteiger partial charge in [0.05, 0.1) is 4.92 Å². The van der Waals surface area contributed by atoms with Crippen LogP contribution in [-0.4, -0.2) is 16.1 Å². The molecule has 0 atom stereocenters. The highest BCUT2D eigenvalue weighted by Crippen LogP contribution is 2.26. The minimum atomic E-state index is -1.24. The van der Waals surface area contributed by atoms with E-state index in [1.54, 1.807) is 6.07 Å². The molecule has 1 aromatic carbocycles. The van der Waals surface area contributed by atoms with Gasteiger partial charge in [-0.05, 0) is 18.0 Å². The molecule has 0 unspecified atom stereocenters. The number of nitrogens with one attached hydrogen (secondary N) is 1. The summed E-state index contributed by atoms with van der Waals surface area (Å²) in [7, 11) is 0. The number of rotatable bonds is 3. The van der Waals surface area contributed by atoms with E-state index in [1.807, 2.05) is 4.72 Å². The molecule has 0 saturated carbocycles. The molecule has 6 nitrogen and oxygen atoms in total. The highest BCUT2D eigenvalue weighted by Gasteiger charge is 2.13. The van der Waals surface area contributed by atoms with Gasteiger partial charge in [0.15, 0.2) is 0 Å². The molecule has 1 amide bonds. The van der Waals surface area contributed by atoms with Crippen LogP contribution in [0.25, 0.3) is 0 Å². The van der Waals surface area contributed by atoms with Crippen LogP contribution in [-0.2, 0) is 0 Å². The van der Waals surface area contributed by atoms with Crippen LogP contribution in [0.4, 0.5) is 10.5 Å². The Labute approximate surface area is 83.2 Å². The molecule has 0 bridgehead atoms. The van der Waals surface area contributed by atoms with Crippen LogP contribution in [0.3, 0.4) is 0 Å². The van der Waals surface area contributed by atoms with E-state index in [2.05, 4.69) is 0 Å². The van der Waals surface area contributed by atoms with E-state index in [1.165, 1.54) is 18.2 Å². The molecule has 1 rings (SSSR count). The third-order valence-electron chi connectivity index (χ3n) is 1.31. The second kappa shape index (κ2) is 4.47. The molecule has 0 fully saturated rings. The molecule has 14 heavy (non-hydrogen) atoms. The van der Waals surface area contributed by atoms with Crippen molar-refractivity contribution in [3.05, 3.63) is 34.4 Å². The van der Waals surface area contributed by atoms with E-state index in [0.29, 0.717) is 11.9 Å². The number of nitro benzene ring substituents is 1. The zero-order valence-corrected chi connectivity index (χ0v) is 7.65. The first-order valence-corrected chi connectivity index (χ1v) is 4.32. The number of carboxylic acid groups (broad SMARTS) is 1. The third kappa shape index (κ3) is 2.63. The van der Waals surface area contributed by atoms with Crippen molar-refractivity contribution < 1.29 is 14.8 Å². The van der Waals surface area contributed by atoms with Gasteiger partial charge in [-0.15, -0.1) is 0 Å². The zero-order valence-electron chi connectivity index (χ0n) is 6.84. The quantitative estimate of drug-likeness (QED) is 0.455. The molecule has 0 spiro atoms. The monoisotopic (exact) mass is 214 g/mol. The van der Waals surface area contributed by atoms with Crippen LogP contribution in [0.15, 0.2) is 29.2 Å². The maximum absolute atomic E-state index is 10.5. The smallest absolute Gasteiger partial charge is 0.415 e. The molecule has 0 radical (unpaired) electrons. The molecule has 0 aromatic heterocycles. The Morgan fingerprint density at radius 1 is 1.50 bits per heavy atom. The number of nitrogens with zero attached hydrogens (tertiary/aromatic N) is 1. The number of hydrogen-bond donors (Lipinski definition) is 2. The van der Waals surface area contributed by atoms with Gasteiger partial charge < -0.3 is 5.11 Å². The van der Waals surface area contributed by atoms with Gasteiger partial charge in [0.25, 0.3) is 5.69 Å². The van der Waals surface area contributed by atoms with E-state index >= 15 is 0 Å². The Kier molecular flexibility index (Phi) is 3.29. The van der Waals surface area contributed by atoms with Gasteiger partial charge in [0, 0.05) is 6.07 Å². The Balaban J connectivity index is 2.84. The highest BCUT2D eigenvalue weighted by atomic mass is 32.2. The Bertz CT molecular complexity index is 368. The van der Waals surface area contributed by atoms with Crippen LogP contribution in [0.2, 0.25) is 0 Å². The van der Waals surface area contributed by atoms with Crippen molar-refractivity contribution >= 4 is 23.7 Å². The Morgan fingerprint density at radius 3 is 2.71 bits per heavy atom. The summed E-state index contributed by atoms with van der Waals surface area (Å²) in [5.41, 5.74) is -0.119. The summed E-state index contributed by atoms with van der Waals surface area (Å²) >= 11 is 0.692. The molecular formula is C7H6N2O4S. The van der Waals surface area contributed by atoms with Crippen LogP contribution in [0.1, 0.15) is 0 Å². The topological polar surface area (TPSA) is 92.5 Å². The van der Waals surface area contributed by atoms with Gasteiger partial charge in [0.1, 0.15) is 4.90 Å². The highest BCUT2D eigenvalue weighted by molar-refractivity contribution is 7.98. The largest absolute Gasteiger partial charge is 0.464 e. The summed E-state index contributed by atoms with van der Waals surface area (Å²) < 4.78 is 1.99. The van der Waals surface area contributed by atoms with Gasteiger partial charge in [0.2, 0.25) is 0 Å². The third-order valence-corrected chi connectivity index (χ3v) is 2.15. The zero-order chi connectivity index (χ0) is 10.6. The summed E-state index contributed by atoms with van der Waals surface area (Å²) in [6.45, 7) is 0. The Hall–Kier alpha value is -1.76. The first-order chi connectivity index (χ1) is 6.61. The molecule has 1 aromatic rings. The molecule has 0 aliphatic carbocycles. The second-order valence-electron chi connectivity index (χ2n) is 2.23. The fourth-order valence-electron chi connectivity index (χ4n) is 0.793. The summed E-state index contributed by atoms with van der Waals surface area (Å²) in [4.78, 5) is 20.3. The SMILES string of the molecule is O=C(O)NSc1ccccc1[N+](=O)[O-]. The maximum Gasteiger partial charge on any atom is 0.415 e. The maximum atomic E-state index is 10.5. The van der Waals surface area contributed by atoms with Crippen molar-refractivity contribution in [2.45, 2.75) is 4.90 Å². The molecule has 0 saturated heterocycles. The number of nitro groups is 1. The van der Waals surface area contributed by atoms with E-state index in [4.69, 9.17) is 5.11 Å². The molecule has 2 N–H and O–H groups in total. The molecule has 0 aliphatic heterocycles. The number of hydrogen-bond acceptors (Lipinski definition) is 4. The van der Waals surface area contributed by atoms with Crippen molar-refractivity contribution in [1.82, 2.24) is 4.72 Å². The first kappa shape index (κ1) is 10.3. The van der Waals surface area contributed by atoms with Gasteiger partial charge in [-0.2, -0.15) is 0 Å². The van der Waals surface area contributed by atoms with Crippen molar-refractivity contribution in [1.29, 1.82) is 0 Å². The van der Waals surface area contributed by atoms with Gasteiger partial charge in [-0.1, -0.05) is 12.1 Å². The fraction of sp³-hybridized carbons (Fsp3) is 0. The van der Waals surface area contributed by atoms with Gasteiger partial charge in [-0.3, -0.25) is 14.8 Å². The lowest BCUT2D eigenvalue weighted by molar-refractivity contribution is -0.387. The van der Waals surface area contributed by atoms with Crippen molar-refractivity contribution in [2.24, 2.45) is 0 Å². The van der Waals surface area contributed by atoms with Crippen LogP contribution < -0.4 is 4.72 Å². The minimum Gasteiger partial charge on any atom is -0.464 e.